The lowest BCUT2D eigenvalue weighted by Gasteiger charge is -2.08. The first-order chi connectivity index (χ1) is 9.06. The Balaban J connectivity index is 2.38. The average molecular weight is 262 g/mol. The summed E-state index contributed by atoms with van der Waals surface area (Å²) in [7, 11) is 0. The molecular weight excluding hydrogens is 248 g/mol. The molecule has 0 bridgehead atoms. The smallest absolute Gasteiger partial charge is 0.303 e. The first-order valence-electron chi connectivity index (χ1n) is 6.07. The van der Waals surface area contributed by atoms with Crippen LogP contribution in [0, 0.1) is 0 Å². The summed E-state index contributed by atoms with van der Waals surface area (Å²) < 4.78 is 10.2. The third kappa shape index (κ3) is 2.36. The van der Waals surface area contributed by atoms with Crippen molar-refractivity contribution < 1.29 is 23.9 Å². The molecule has 0 aromatic heterocycles. The molecule has 5 nitrogen and oxygen atoms in total. The van der Waals surface area contributed by atoms with Crippen LogP contribution in [0.1, 0.15) is 41.0 Å². The molecule has 0 N–H and O–H groups in total. The third-order valence-corrected chi connectivity index (χ3v) is 2.76. The molecule has 0 heterocycles. The minimum atomic E-state index is -1.36. The molecule has 100 valence electrons. The van der Waals surface area contributed by atoms with Gasteiger partial charge >= 0.3 is 5.97 Å². The normalized spacial score (nSPS) is 17.3. The number of carbonyl (C=O) groups is 3. The van der Waals surface area contributed by atoms with Gasteiger partial charge in [-0.15, -0.1) is 0 Å². The molecule has 2 rings (SSSR count). The fourth-order valence-electron chi connectivity index (χ4n) is 1.99. The number of benzene rings is 1. The number of ketones is 2. The second-order valence-corrected chi connectivity index (χ2v) is 4.25. The number of esters is 1. The van der Waals surface area contributed by atoms with E-state index in [2.05, 4.69) is 0 Å². The predicted molar refractivity (Wildman–Crippen MR) is 66.4 cm³/mol. The van der Waals surface area contributed by atoms with Crippen molar-refractivity contribution in [3.05, 3.63) is 29.3 Å². The van der Waals surface area contributed by atoms with Crippen LogP contribution in [0.5, 0.6) is 5.75 Å². The Morgan fingerprint density at radius 3 is 2.63 bits per heavy atom. The summed E-state index contributed by atoms with van der Waals surface area (Å²) in [4.78, 5) is 35.1. The van der Waals surface area contributed by atoms with Gasteiger partial charge in [0.25, 0.3) is 0 Å². The van der Waals surface area contributed by atoms with Crippen LogP contribution in [0.25, 0.3) is 0 Å². The average Bonchev–Trinajstić information content (AvgIpc) is 2.62. The molecule has 0 fully saturated rings. The van der Waals surface area contributed by atoms with Gasteiger partial charge in [0.05, 0.1) is 12.2 Å². The lowest BCUT2D eigenvalue weighted by Crippen LogP contribution is -2.27. The molecule has 0 amide bonds. The summed E-state index contributed by atoms with van der Waals surface area (Å²) in [6.07, 6.45) is -0.571. The van der Waals surface area contributed by atoms with Crippen molar-refractivity contribution in [1.29, 1.82) is 0 Å². The standard InChI is InChI=1S/C14H14O5/c1-3-7-18-10-6-4-5-9-11(10)13(17)14(12(9)16)19-8(2)15/h4-6,14H,3,7H2,1-2H3. The summed E-state index contributed by atoms with van der Waals surface area (Å²) in [6.45, 7) is 3.56. The maximum absolute atomic E-state index is 12.1. The van der Waals surface area contributed by atoms with E-state index in [-0.39, 0.29) is 11.1 Å². The van der Waals surface area contributed by atoms with Gasteiger partial charge in [-0.05, 0) is 12.5 Å². The Kier molecular flexibility index (Phi) is 3.64. The summed E-state index contributed by atoms with van der Waals surface area (Å²) >= 11 is 0. The summed E-state index contributed by atoms with van der Waals surface area (Å²) in [5.74, 6) is -1.29. The maximum atomic E-state index is 12.1. The fourth-order valence-corrected chi connectivity index (χ4v) is 1.99. The number of carbonyl (C=O) groups excluding carboxylic acids is 3. The van der Waals surface area contributed by atoms with Crippen LogP contribution in [0.15, 0.2) is 18.2 Å². The number of ether oxygens (including phenoxy) is 2. The van der Waals surface area contributed by atoms with E-state index in [1.807, 2.05) is 6.92 Å². The molecule has 0 saturated heterocycles. The topological polar surface area (TPSA) is 69.7 Å². The molecule has 1 aromatic carbocycles. The maximum Gasteiger partial charge on any atom is 0.303 e. The summed E-state index contributed by atoms with van der Waals surface area (Å²) in [5.41, 5.74) is 0.469. The quantitative estimate of drug-likeness (QED) is 0.611. The van der Waals surface area contributed by atoms with E-state index in [4.69, 9.17) is 9.47 Å². The predicted octanol–water partition coefficient (Wildman–Crippen LogP) is 1.79. The van der Waals surface area contributed by atoms with Crippen LogP contribution in [0.2, 0.25) is 0 Å². The molecular formula is C14H14O5. The number of hydrogen-bond acceptors (Lipinski definition) is 5. The fraction of sp³-hybridized carbons (Fsp3) is 0.357. The molecule has 0 spiro atoms. The van der Waals surface area contributed by atoms with E-state index in [1.165, 1.54) is 6.07 Å². The largest absolute Gasteiger partial charge is 0.493 e. The van der Waals surface area contributed by atoms with Gasteiger partial charge in [-0.1, -0.05) is 19.1 Å². The Hall–Kier alpha value is -2.17. The van der Waals surface area contributed by atoms with Crippen LogP contribution in [0.3, 0.4) is 0 Å². The van der Waals surface area contributed by atoms with E-state index in [0.717, 1.165) is 13.3 Å². The molecule has 1 unspecified atom stereocenters. The van der Waals surface area contributed by atoms with Crippen LogP contribution in [-0.4, -0.2) is 30.2 Å². The second kappa shape index (κ2) is 5.22. The summed E-state index contributed by atoms with van der Waals surface area (Å²) in [5, 5.41) is 0. The third-order valence-electron chi connectivity index (χ3n) is 2.76. The number of Topliss-reactive ketones (excluding diaryl/α,β-unsaturated/α-hetero) is 2. The molecule has 0 saturated carbocycles. The van der Waals surface area contributed by atoms with E-state index in [0.29, 0.717) is 12.4 Å². The van der Waals surface area contributed by atoms with Crippen LogP contribution >= 0.6 is 0 Å². The lowest BCUT2D eigenvalue weighted by atomic mass is 10.1. The van der Waals surface area contributed by atoms with E-state index in [9.17, 15) is 14.4 Å². The highest BCUT2D eigenvalue weighted by molar-refractivity contribution is 6.30. The second-order valence-electron chi connectivity index (χ2n) is 4.25. The highest BCUT2D eigenvalue weighted by atomic mass is 16.5. The summed E-state index contributed by atoms with van der Waals surface area (Å²) in [6, 6.07) is 4.82. The Morgan fingerprint density at radius 1 is 1.26 bits per heavy atom. The minimum absolute atomic E-state index is 0.215. The SMILES string of the molecule is CCCOc1cccc2c1C(=O)C(OC(C)=O)C2=O. The molecule has 1 aliphatic rings. The van der Waals surface area contributed by atoms with Crippen molar-refractivity contribution >= 4 is 17.5 Å². The zero-order valence-corrected chi connectivity index (χ0v) is 10.8. The van der Waals surface area contributed by atoms with Gasteiger partial charge in [-0.3, -0.25) is 14.4 Å². The van der Waals surface area contributed by atoms with Gasteiger partial charge in [-0.2, -0.15) is 0 Å². The molecule has 1 aromatic rings. The number of fused-ring (bicyclic) bond motifs is 1. The van der Waals surface area contributed by atoms with Gasteiger partial charge in [0.15, 0.2) is 0 Å². The number of hydrogen-bond donors (Lipinski definition) is 0. The molecule has 0 radical (unpaired) electrons. The Morgan fingerprint density at radius 2 is 2.00 bits per heavy atom. The van der Waals surface area contributed by atoms with Crippen LogP contribution < -0.4 is 4.74 Å². The molecule has 1 aliphatic carbocycles. The first-order valence-corrected chi connectivity index (χ1v) is 6.07. The first kappa shape index (κ1) is 13.3. The van der Waals surface area contributed by atoms with Crippen molar-refractivity contribution in [2.45, 2.75) is 26.4 Å². The van der Waals surface area contributed by atoms with Crippen LogP contribution in [0.4, 0.5) is 0 Å². The highest BCUT2D eigenvalue weighted by Crippen LogP contribution is 2.32. The molecule has 5 heteroatoms. The van der Waals surface area contributed by atoms with Crippen molar-refractivity contribution in [3.63, 3.8) is 0 Å². The van der Waals surface area contributed by atoms with Crippen molar-refractivity contribution in [2.24, 2.45) is 0 Å². The van der Waals surface area contributed by atoms with E-state index < -0.39 is 23.6 Å². The monoisotopic (exact) mass is 262 g/mol. The molecule has 19 heavy (non-hydrogen) atoms. The Bertz CT molecular complexity index is 547. The molecule has 0 aliphatic heterocycles. The van der Waals surface area contributed by atoms with Gasteiger partial charge in [-0.25, -0.2) is 0 Å². The van der Waals surface area contributed by atoms with Crippen molar-refractivity contribution in [1.82, 2.24) is 0 Å². The van der Waals surface area contributed by atoms with E-state index >= 15 is 0 Å². The van der Waals surface area contributed by atoms with Gasteiger partial charge in [0.2, 0.25) is 17.7 Å². The minimum Gasteiger partial charge on any atom is -0.493 e. The lowest BCUT2D eigenvalue weighted by molar-refractivity contribution is -0.142. The number of rotatable bonds is 4. The van der Waals surface area contributed by atoms with E-state index in [1.54, 1.807) is 12.1 Å². The Labute approximate surface area is 110 Å². The zero-order chi connectivity index (χ0) is 14.0. The molecule has 1 atom stereocenters. The zero-order valence-electron chi connectivity index (χ0n) is 10.8. The van der Waals surface area contributed by atoms with Crippen LogP contribution in [-0.2, 0) is 9.53 Å². The highest BCUT2D eigenvalue weighted by Gasteiger charge is 2.43. The van der Waals surface area contributed by atoms with Gasteiger partial charge in [0, 0.05) is 12.5 Å². The van der Waals surface area contributed by atoms with Crippen molar-refractivity contribution in [3.8, 4) is 5.75 Å². The van der Waals surface area contributed by atoms with Crippen molar-refractivity contribution in [2.75, 3.05) is 6.61 Å². The van der Waals surface area contributed by atoms with Gasteiger partial charge in [0.1, 0.15) is 5.75 Å². The van der Waals surface area contributed by atoms with Gasteiger partial charge < -0.3 is 9.47 Å².